The van der Waals surface area contributed by atoms with Crippen molar-refractivity contribution in [3.63, 3.8) is 0 Å². The Kier molecular flexibility index (Phi) is 7.42. The fourth-order valence-electron chi connectivity index (χ4n) is 4.80. The number of hydrogen-bond acceptors (Lipinski definition) is 6. The van der Waals surface area contributed by atoms with Crippen LogP contribution in [-0.4, -0.2) is 50.6 Å². The lowest BCUT2D eigenvalue weighted by Crippen LogP contribution is -2.70. The van der Waals surface area contributed by atoms with E-state index in [1.54, 1.807) is 39.1 Å². The number of urea groups is 1. The topological polar surface area (TPSA) is 126 Å². The van der Waals surface area contributed by atoms with Crippen LogP contribution in [0.25, 0.3) is 0 Å². The van der Waals surface area contributed by atoms with E-state index in [-0.39, 0.29) is 24.2 Å². The van der Waals surface area contributed by atoms with Crippen molar-refractivity contribution in [1.82, 2.24) is 25.0 Å². The molecule has 1 aliphatic rings. The van der Waals surface area contributed by atoms with Gasteiger partial charge in [-0.05, 0) is 55.7 Å². The van der Waals surface area contributed by atoms with E-state index in [2.05, 4.69) is 15.4 Å². The second-order valence-corrected chi connectivity index (χ2v) is 9.29. The lowest BCUT2D eigenvalue weighted by molar-refractivity contribution is -0.156. The van der Waals surface area contributed by atoms with Crippen molar-refractivity contribution in [3.8, 4) is 0 Å². The average molecular weight is 526 g/mol. The number of carbonyl (C=O) groups is 3. The smallest absolute Gasteiger partial charge is 0.325 e. The zero-order chi connectivity index (χ0) is 27.7. The van der Waals surface area contributed by atoms with Gasteiger partial charge in [0.25, 0.3) is 5.91 Å². The van der Waals surface area contributed by atoms with Crippen LogP contribution in [0.4, 0.5) is 25.2 Å². The van der Waals surface area contributed by atoms with Gasteiger partial charge in [0, 0.05) is 31.4 Å². The van der Waals surface area contributed by atoms with Crippen LogP contribution < -0.4 is 16.0 Å². The van der Waals surface area contributed by atoms with Gasteiger partial charge in [0.2, 0.25) is 5.91 Å². The Morgan fingerprint density at radius 2 is 1.95 bits per heavy atom. The number of nitrogens with zero attached hydrogens (tertiary/aromatic N) is 5. The van der Waals surface area contributed by atoms with Crippen molar-refractivity contribution >= 4 is 29.5 Å². The summed E-state index contributed by atoms with van der Waals surface area (Å²) in [5.74, 6) is -2.53. The minimum absolute atomic E-state index is 0.0528. The minimum atomic E-state index is -1.15. The van der Waals surface area contributed by atoms with Gasteiger partial charge in [-0.1, -0.05) is 6.92 Å². The fourth-order valence-corrected chi connectivity index (χ4v) is 4.80. The number of hydrogen-bond donors (Lipinski definition) is 2. The molecule has 2 aromatic heterocycles. The predicted molar refractivity (Wildman–Crippen MR) is 136 cm³/mol. The highest BCUT2D eigenvalue weighted by Gasteiger charge is 2.55. The zero-order valence-electron chi connectivity index (χ0n) is 21.5. The van der Waals surface area contributed by atoms with Gasteiger partial charge < -0.3 is 11.1 Å². The molecular weight excluding hydrogens is 496 g/mol. The van der Waals surface area contributed by atoms with Crippen LogP contribution >= 0.6 is 0 Å². The first-order valence-electron chi connectivity index (χ1n) is 12.1. The van der Waals surface area contributed by atoms with Gasteiger partial charge >= 0.3 is 6.03 Å². The number of aromatic nitrogens is 3. The Bertz CT molecular complexity index is 1370. The van der Waals surface area contributed by atoms with Gasteiger partial charge in [0.05, 0.1) is 18.2 Å². The molecule has 1 saturated heterocycles. The van der Waals surface area contributed by atoms with Gasteiger partial charge in [-0.3, -0.25) is 24.1 Å². The summed E-state index contributed by atoms with van der Waals surface area (Å²) in [6, 6.07) is 5.03. The summed E-state index contributed by atoms with van der Waals surface area (Å²) in [4.78, 5) is 46.6. The van der Waals surface area contributed by atoms with Crippen molar-refractivity contribution in [2.45, 2.75) is 38.8 Å². The molecule has 1 aromatic carbocycles. The van der Waals surface area contributed by atoms with Crippen LogP contribution in [0.3, 0.4) is 0 Å². The molecule has 3 atom stereocenters. The number of amides is 4. The number of carbonyl (C=O) groups excluding carboxylic acids is 3. The van der Waals surface area contributed by atoms with Crippen molar-refractivity contribution in [2.75, 3.05) is 17.7 Å². The van der Waals surface area contributed by atoms with Crippen molar-refractivity contribution in [3.05, 3.63) is 71.1 Å². The van der Waals surface area contributed by atoms with Crippen molar-refractivity contribution in [1.29, 1.82) is 0 Å². The number of likely N-dealkylation sites (tertiary alicyclic amines) is 1. The highest BCUT2D eigenvalue weighted by Crippen LogP contribution is 2.34. The summed E-state index contributed by atoms with van der Waals surface area (Å²) in [6.07, 6.45) is 1.90. The molecule has 1 fully saturated rings. The largest absolute Gasteiger partial charge is 0.384 e. The number of halogens is 2. The monoisotopic (exact) mass is 525 g/mol. The van der Waals surface area contributed by atoms with E-state index < -0.39 is 47.5 Å². The first-order chi connectivity index (χ1) is 18.0. The Balaban J connectivity index is 1.63. The number of imide groups is 1. The van der Waals surface area contributed by atoms with Crippen LogP contribution in [0.1, 0.15) is 36.2 Å². The number of aryl methyl sites for hydroxylation is 2. The number of nitrogen functional groups attached to an aromatic ring is 1. The number of pyridine rings is 1. The molecule has 1 unspecified atom stereocenters. The Hall–Kier alpha value is -4.35. The van der Waals surface area contributed by atoms with Crippen LogP contribution in [0.2, 0.25) is 0 Å². The van der Waals surface area contributed by atoms with E-state index in [0.29, 0.717) is 17.1 Å². The molecule has 0 radical (unpaired) electrons. The second kappa shape index (κ2) is 10.6. The second-order valence-electron chi connectivity index (χ2n) is 9.29. The minimum Gasteiger partial charge on any atom is -0.384 e. The molecule has 10 nitrogen and oxygen atoms in total. The van der Waals surface area contributed by atoms with Gasteiger partial charge in [0.1, 0.15) is 29.3 Å². The number of benzene rings is 1. The Morgan fingerprint density at radius 3 is 2.58 bits per heavy atom. The Labute approximate surface area is 218 Å². The molecule has 200 valence electrons. The van der Waals surface area contributed by atoms with E-state index in [1.807, 2.05) is 0 Å². The molecule has 0 spiro atoms. The third-order valence-electron chi connectivity index (χ3n) is 6.68. The summed E-state index contributed by atoms with van der Waals surface area (Å²) in [7, 11) is 3.19. The third kappa shape index (κ3) is 5.06. The summed E-state index contributed by atoms with van der Waals surface area (Å²) in [6.45, 7) is 3.45. The Morgan fingerprint density at radius 1 is 1.21 bits per heavy atom. The molecule has 0 bridgehead atoms. The van der Waals surface area contributed by atoms with E-state index in [4.69, 9.17) is 5.73 Å². The van der Waals surface area contributed by atoms with Crippen LogP contribution in [0, 0.1) is 24.5 Å². The molecule has 12 heteroatoms. The highest BCUT2D eigenvalue weighted by molar-refractivity contribution is 6.12. The highest BCUT2D eigenvalue weighted by atomic mass is 19.1. The number of nitrogens with two attached hydrogens (primary N) is 1. The number of rotatable bonds is 7. The summed E-state index contributed by atoms with van der Waals surface area (Å²) in [5, 5.41) is 6.67. The molecule has 4 amide bonds. The average Bonchev–Trinajstić information content (AvgIpc) is 3.29. The van der Waals surface area contributed by atoms with Gasteiger partial charge in [0.15, 0.2) is 0 Å². The van der Waals surface area contributed by atoms with Crippen LogP contribution in [0.15, 0.2) is 42.6 Å². The normalized spacial score (nSPS) is 17.6. The number of β-lactam (4-membered cyclic amide) rings is 1. The van der Waals surface area contributed by atoms with Crippen LogP contribution in [0.5, 0.6) is 0 Å². The zero-order valence-corrected chi connectivity index (χ0v) is 21.5. The van der Waals surface area contributed by atoms with E-state index in [0.717, 1.165) is 23.1 Å². The molecule has 38 heavy (non-hydrogen) atoms. The first-order valence-corrected chi connectivity index (χ1v) is 12.1. The fraction of sp³-hybridized carbons (Fsp3) is 0.346. The molecule has 0 saturated carbocycles. The molecule has 3 N–H and O–H groups in total. The number of likely N-dealkylation sites (N-methyl/N-ethyl adjacent to an activating group) is 1. The van der Waals surface area contributed by atoms with Gasteiger partial charge in [-0.25, -0.2) is 18.6 Å². The summed E-state index contributed by atoms with van der Waals surface area (Å²) >= 11 is 0. The lowest BCUT2D eigenvalue weighted by Gasteiger charge is -2.46. The maximum absolute atomic E-state index is 14.4. The summed E-state index contributed by atoms with van der Waals surface area (Å²) < 4.78 is 29.7. The number of nitrogens with one attached hydrogen (secondary N) is 1. The summed E-state index contributed by atoms with van der Waals surface area (Å²) in [5.41, 5.74) is 7.16. The standard InChI is InChI=1S/C26H29F2N7O3/c1-5-20(17-13-16(27)6-7-19(17)28)32-26(38)35-23(25(37)33(3)22-8-9-30-34(22)4)18(24(35)36)11-15-10-14(2)31-21(29)12-15/h6-10,12-13,18,20,23H,5,11H2,1-4H3,(H2,29,31)(H,32,38)/t18-,20?,23+/m1/s1. The molecule has 4 rings (SSSR count). The van der Waals surface area contributed by atoms with E-state index in [1.165, 1.54) is 22.8 Å². The van der Waals surface area contributed by atoms with E-state index in [9.17, 15) is 23.2 Å². The molecule has 3 heterocycles. The third-order valence-corrected chi connectivity index (χ3v) is 6.68. The molecule has 0 aliphatic carbocycles. The number of anilines is 2. The van der Waals surface area contributed by atoms with Gasteiger partial charge in [-0.2, -0.15) is 5.10 Å². The van der Waals surface area contributed by atoms with Crippen LogP contribution in [-0.2, 0) is 23.1 Å². The quantitative estimate of drug-likeness (QED) is 0.457. The predicted octanol–water partition coefficient (Wildman–Crippen LogP) is 2.88. The van der Waals surface area contributed by atoms with Crippen molar-refractivity contribution < 1.29 is 23.2 Å². The maximum Gasteiger partial charge on any atom is 0.325 e. The first kappa shape index (κ1) is 26.7. The SMILES string of the molecule is CCC(NC(=O)N1C(=O)[C@H](Cc2cc(C)nc(N)c2)[C@H]1C(=O)N(C)c1ccnn1C)c1cc(F)ccc1F. The lowest BCUT2D eigenvalue weighted by atomic mass is 9.81. The van der Waals surface area contributed by atoms with E-state index >= 15 is 0 Å². The van der Waals surface area contributed by atoms with Crippen molar-refractivity contribution in [2.24, 2.45) is 13.0 Å². The molecular formula is C26H29F2N7O3. The molecule has 1 aliphatic heterocycles. The molecule has 3 aromatic rings. The maximum atomic E-state index is 14.4. The van der Waals surface area contributed by atoms with Gasteiger partial charge in [-0.15, -0.1) is 0 Å².